The predicted octanol–water partition coefficient (Wildman–Crippen LogP) is 7.93. The Balaban J connectivity index is 1.47. The van der Waals surface area contributed by atoms with Crippen LogP contribution < -0.4 is 10.6 Å². The van der Waals surface area contributed by atoms with Crippen molar-refractivity contribution in [1.82, 2.24) is 35.6 Å². The van der Waals surface area contributed by atoms with Crippen LogP contribution in [-0.2, 0) is 54.2 Å². The normalized spacial score (nSPS) is 12.7. The van der Waals surface area contributed by atoms with Gasteiger partial charge in [0, 0.05) is 59.0 Å². The molecule has 0 aromatic carbocycles. The Kier molecular flexibility index (Phi) is 19.9. The molecule has 6 rings (SSSR count). The summed E-state index contributed by atoms with van der Waals surface area (Å²) in [4.78, 5) is 48.6. The number of nitrogens with one attached hydrogen (secondary N) is 5. The van der Waals surface area contributed by atoms with Gasteiger partial charge in [0.15, 0.2) is 0 Å². The Bertz CT molecular complexity index is 2530. The second-order valence-corrected chi connectivity index (χ2v) is 17.5. The highest BCUT2D eigenvalue weighted by molar-refractivity contribution is 6.00. The Labute approximate surface area is 406 Å². The van der Waals surface area contributed by atoms with Crippen LogP contribution in [0.2, 0.25) is 0 Å². The minimum Gasteiger partial charge on any atom is -0.394 e. The molecule has 2 aliphatic heterocycles. The van der Waals surface area contributed by atoms with Crippen LogP contribution >= 0.6 is 0 Å². The van der Waals surface area contributed by atoms with Crippen LogP contribution in [-0.4, -0.2) is 126 Å². The first-order valence-electron chi connectivity index (χ1n) is 24.9. The van der Waals surface area contributed by atoms with Gasteiger partial charge in [-0.15, -0.1) is 0 Å². The third-order valence-electron chi connectivity index (χ3n) is 13.2. The molecular weight excluding hydrogens is 875 g/mol. The van der Waals surface area contributed by atoms with Crippen molar-refractivity contribution in [2.75, 3.05) is 79.2 Å². The smallest absolute Gasteiger partial charge is 0.220 e. The maximum Gasteiger partial charge on any atom is 0.220 e. The molecule has 0 radical (unpaired) electrons. The number of aliphatic hydroxyl groups excluding tert-OH is 2. The van der Waals surface area contributed by atoms with E-state index in [1.807, 2.05) is 0 Å². The van der Waals surface area contributed by atoms with E-state index in [0.29, 0.717) is 78.4 Å². The van der Waals surface area contributed by atoms with Crippen molar-refractivity contribution in [2.24, 2.45) is 0 Å². The number of H-pyrrole nitrogens is 3. The Hall–Kier alpha value is -5.42. The second kappa shape index (κ2) is 26.0. The molecule has 10 bridgehead atoms. The number of aromatic nitrogens is 5. The number of aromatic amines is 3. The molecular formula is C54H75N7O8. The number of ether oxygens (including phenoxy) is 4. The Morgan fingerprint density at radius 3 is 1.22 bits per heavy atom. The van der Waals surface area contributed by atoms with E-state index in [-0.39, 0.29) is 38.2 Å². The second-order valence-electron chi connectivity index (χ2n) is 17.5. The number of rotatable bonds is 26. The van der Waals surface area contributed by atoms with Crippen molar-refractivity contribution >= 4 is 67.2 Å². The number of fused-ring (bicyclic) bond motifs is 11. The quantitative estimate of drug-likeness (QED) is 0.0303. The molecule has 7 N–H and O–H groups in total. The minimum absolute atomic E-state index is 0.0270. The summed E-state index contributed by atoms with van der Waals surface area (Å²) in [5, 5.41) is 23.8. The Morgan fingerprint density at radius 2 is 0.855 bits per heavy atom. The van der Waals surface area contributed by atoms with Gasteiger partial charge in [0.1, 0.15) is 0 Å². The number of carbonyl (C=O) groups is 2. The molecule has 6 heterocycles. The highest BCUT2D eigenvalue weighted by atomic mass is 16.5. The SMILES string of the molecule is CCC1=C(C)c2nc1cc1[nH]c(cc3[nH]c(cc4[nH]c(cc5nc2C(C)=C5CC)c(C)c4CCC(=O)NCCOCCOCCO)c(CC)c3CC)c(CCC(=O)NCCOCCOCCO)c1C. The molecule has 0 aliphatic carbocycles. The number of hydrogen-bond acceptors (Lipinski definition) is 10. The van der Waals surface area contributed by atoms with E-state index >= 15 is 0 Å². The monoisotopic (exact) mass is 950 g/mol. The van der Waals surface area contributed by atoms with Crippen molar-refractivity contribution in [3.8, 4) is 0 Å². The lowest BCUT2D eigenvalue weighted by Gasteiger charge is -2.07. The summed E-state index contributed by atoms with van der Waals surface area (Å²) in [6.45, 7) is 20.8. The van der Waals surface area contributed by atoms with Crippen LogP contribution in [0.4, 0.5) is 0 Å². The average Bonchev–Trinajstić information content (AvgIpc) is 4.10. The summed E-state index contributed by atoms with van der Waals surface area (Å²) in [5.41, 5.74) is 20.7. The molecule has 4 aromatic rings. The summed E-state index contributed by atoms with van der Waals surface area (Å²) in [6.07, 6.45) is 4.87. The van der Waals surface area contributed by atoms with Gasteiger partial charge in [0.05, 0.1) is 88.8 Å². The molecule has 0 fully saturated rings. The van der Waals surface area contributed by atoms with Crippen LogP contribution in [0.5, 0.6) is 0 Å². The molecule has 15 nitrogen and oxygen atoms in total. The molecule has 374 valence electrons. The van der Waals surface area contributed by atoms with Crippen LogP contribution in [0.3, 0.4) is 0 Å². The summed E-state index contributed by atoms with van der Waals surface area (Å²) in [6, 6.07) is 8.72. The zero-order chi connectivity index (χ0) is 49.5. The third kappa shape index (κ3) is 13.1. The standard InChI is InChI=1S/C54H75N7O8/c1-9-37-35(7)53-54-36(8)38(10-2)46(61-54)30-44-34(6)42(14-16-52(65)56-18-22-67-26-28-69-24-20-63)50(58-44)32-48-40(12-4)39(11-3)47(59-48)31-49-41(33(5)43(57-49)29-45(37)60-53)13-15-51(64)55-17-21-66-25-27-68-23-19-62/h29-32,57-59,62-63H,9-28H2,1-8H3,(H,55,64)(H,56,65). The highest BCUT2D eigenvalue weighted by Gasteiger charge is 2.25. The number of aryl methyl sites for hydroxylation is 6. The van der Waals surface area contributed by atoms with Crippen molar-refractivity contribution in [1.29, 1.82) is 0 Å². The molecule has 2 aliphatic rings. The van der Waals surface area contributed by atoms with E-state index in [0.717, 1.165) is 115 Å². The van der Waals surface area contributed by atoms with E-state index in [2.05, 4.69) is 105 Å². The fourth-order valence-corrected chi connectivity index (χ4v) is 9.53. The number of aliphatic hydroxyl groups is 2. The van der Waals surface area contributed by atoms with Crippen molar-refractivity contribution in [3.63, 3.8) is 0 Å². The lowest BCUT2D eigenvalue weighted by atomic mass is 9.99. The summed E-state index contributed by atoms with van der Waals surface area (Å²) >= 11 is 0. The first kappa shape index (κ1) is 52.9. The molecule has 2 amide bonds. The first-order chi connectivity index (χ1) is 33.5. The van der Waals surface area contributed by atoms with Crippen LogP contribution in [0, 0.1) is 13.8 Å². The molecule has 0 spiro atoms. The molecule has 0 atom stereocenters. The zero-order valence-electron chi connectivity index (χ0n) is 42.2. The average molecular weight is 950 g/mol. The van der Waals surface area contributed by atoms with Gasteiger partial charge < -0.3 is 54.7 Å². The van der Waals surface area contributed by atoms with E-state index < -0.39 is 0 Å². The highest BCUT2D eigenvalue weighted by Crippen LogP contribution is 2.40. The first-order valence-corrected chi connectivity index (χ1v) is 24.9. The van der Waals surface area contributed by atoms with Gasteiger partial charge in [-0.2, -0.15) is 0 Å². The minimum atomic E-state index is -0.0560. The molecule has 0 saturated carbocycles. The van der Waals surface area contributed by atoms with E-state index in [9.17, 15) is 9.59 Å². The van der Waals surface area contributed by atoms with Gasteiger partial charge in [-0.05, 0) is 146 Å². The topological polar surface area (TPSA) is 209 Å². The fraction of sp³-hybridized carbons (Fsp3) is 0.519. The number of amides is 2. The van der Waals surface area contributed by atoms with Gasteiger partial charge in [-0.3, -0.25) is 9.59 Å². The molecule has 0 saturated heterocycles. The Morgan fingerprint density at radius 1 is 0.493 bits per heavy atom. The third-order valence-corrected chi connectivity index (χ3v) is 13.2. The summed E-state index contributed by atoms with van der Waals surface area (Å²) in [7, 11) is 0. The lowest BCUT2D eigenvalue weighted by Crippen LogP contribution is -2.27. The van der Waals surface area contributed by atoms with Gasteiger partial charge in [-0.1, -0.05) is 27.7 Å². The number of hydrogen-bond donors (Lipinski definition) is 7. The van der Waals surface area contributed by atoms with Crippen LogP contribution in [0.1, 0.15) is 123 Å². The number of allylic oxidation sites excluding steroid dienone is 4. The summed E-state index contributed by atoms with van der Waals surface area (Å²) in [5.74, 6) is -0.112. The largest absolute Gasteiger partial charge is 0.394 e. The van der Waals surface area contributed by atoms with Crippen LogP contribution in [0.15, 0.2) is 24.3 Å². The molecule has 4 aromatic heterocycles. The zero-order valence-corrected chi connectivity index (χ0v) is 42.2. The van der Waals surface area contributed by atoms with Crippen molar-refractivity contribution in [2.45, 2.75) is 107 Å². The van der Waals surface area contributed by atoms with E-state index in [1.54, 1.807) is 0 Å². The maximum atomic E-state index is 13.3. The van der Waals surface area contributed by atoms with Gasteiger partial charge >= 0.3 is 0 Å². The predicted molar refractivity (Wildman–Crippen MR) is 276 cm³/mol. The number of carbonyl (C=O) groups excluding carboxylic acids is 2. The fourth-order valence-electron chi connectivity index (χ4n) is 9.53. The molecule has 0 unspecified atom stereocenters. The van der Waals surface area contributed by atoms with E-state index in [1.165, 1.54) is 22.3 Å². The van der Waals surface area contributed by atoms with E-state index in [4.69, 9.17) is 39.1 Å². The molecule has 15 heteroatoms. The number of nitrogens with zero attached hydrogens (tertiary/aromatic N) is 2. The van der Waals surface area contributed by atoms with Crippen molar-refractivity contribution < 1.29 is 38.7 Å². The van der Waals surface area contributed by atoms with Crippen LogP contribution in [0.25, 0.3) is 55.4 Å². The van der Waals surface area contributed by atoms with Gasteiger partial charge in [0.25, 0.3) is 0 Å². The van der Waals surface area contributed by atoms with Crippen molar-refractivity contribution in [3.05, 3.63) is 80.4 Å². The maximum absolute atomic E-state index is 13.3. The summed E-state index contributed by atoms with van der Waals surface area (Å²) < 4.78 is 21.7. The lowest BCUT2D eigenvalue weighted by molar-refractivity contribution is -0.122. The van der Waals surface area contributed by atoms with Gasteiger partial charge in [0.2, 0.25) is 11.8 Å². The van der Waals surface area contributed by atoms with Gasteiger partial charge in [-0.25, -0.2) is 9.97 Å². The molecule has 69 heavy (non-hydrogen) atoms.